The van der Waals surface area contributed by atoms with E-state index in [1.54, 1.807) is 11.3 Å². The van der Waals surface area contributed by atoms with Crippen molar-refractivity contribution in [1.29, 1.82) is 0 Å². The van der Waals surface area contributed by atoms with Gasteiger partial charge in [-0.1, -0.05) is 25.1 Å². The number of hydrogen-bond acceptors (Lipinski definition) is 3. The van der Waals surface area contributed by atoms with Gasteiger partial charge < -0.3 is 5.73 Å². The minimum atomic E-state index is -0.0162. The smallest absolute Gasteiger partial charge is 0.0766 e. The Balaban J connectivity index is 1.93. The quantitative estimate of drug-likeness (QED) is 0.754. The zero-order chi connectivity index (χ0) is 15.0. The van der Waals surface area contributed by atoms with E-state index < -0.39 is 0 Å². The SMILES string of the molecule is CCc1nn(C)c(CC(N)c2csc3ccccc23)c1Br. The molecule has 1 unspecified atom stereocenters. The van der Waals surface area contributed by atoms with Crippen molar-refractivity contribution in [3.8, 4) is 0 Å². The van der Waals surface area contributed by atoms with Gasteiger partial charge >= 0.3 is 0 Å². The first-order valence-electron chi connectivity index (χ1n) is 7.03. The Morgan fingerprint density at radius 3 is 2.86 bits per heavy atom. The van der Waals surface area contributed by atoms with Gasteiger partial charge in [0.25, 0.3) is 0 Å². The molecule has 0 aliphatic rings. The fourth-order valence-electron chi connectivity index (χ4n) is 2.65. The predicted octanol–water partition coefficient (Wildman–Crippen LogP) is 4.20. The van der Waals surface area contributed by atoms with Crippen molar-refractivity contribution in [3.63, 3.8) is 0 Å². The first-order chi connectivity index (χ1) is 10.1. The lowest BCUT2D eigenvalue weighted by molar-refractivity contribution is 0.640. The van der Waals surface area contributed by atoms with E-state index in [0.717, 1.165) is 28.7 Å². The molecule has 5 heteroatoms. The monoisotopic (exact) mass is 363 g/mol. The highest BCUT2D eigenvalue weighted by molar-refractivity contribution is 9.10. The average molecular weight is 364 g/mol. The summed E-state index contributed by atoms with van der Waals surface area (Å²) in [5.74, 6) is 0. The molecule has 1 atom stereocenters. The highest BCUT2D eigenvalue weighted by Gasteiger charge is 2.18. The summed E-state index contributed by atoms with van der Waals surface area (Å²) in [4.78, 5) is 0. The molecule has 0 fully saturated rings. The Morgan fingerprint density at radius 2 is 2.14 bits per heavy atom. The average Bonchev–Trinajstić information content (AvgIpc) is 3.03. The van der Waals surface area contributed by atoms with E-state index in [0.29, 0.717) is 0 Å². The Labute approximate surface area is 136 Å². The van der Waals surface area contributed by atoms with Gasteiger partial charge in [0.05, 0.1) is 15.9 Å². The summed E-state index contributed by atoms with van der Waals surface area (Å²) in [6.45, 7) is 2.11. The molecule has 0 bridgehead atoms. The fraction of sp³-hybridized carbons (Fsp3) is 0.312. The molecule has 0 amide bonds. The van der Waals surface area contributed by atoms with Crippen molar-refractivity contribution < 1.29 is 0 Å². The molecule has 0 saturated heterocycles. The number of fused-ring (bicyclic) bond motifs is 1. The fourth-order valence-corrected chi connectivity index (χ4v) is 4.45. The van der Waals surface area contributed by atoms with E-state index in [2.05, 4.69) is 57.6 Å². The molecule has 0 radical (unpaired) electrons. The molecule has 3 rings (SSSR count). The lowest BCUT2D eigenvalue weighted by Gasteiger charge is -2.12. The number of hydrogen-bond donors (Lipinski definition) is 1. The molecular weight excluding hydrogens is 346 g/mol. The maximum Gasteiger partial charge on any atom is 0.0766 e. The third-order valence-electron chi connectivity index (χ3n) is 3.83. The molecule has 110 valence electrons. The third-order valence-corrected chi connectivity index (χ3v) is 5.72. The number of nitrogens with zero attached hydrogens (tertiary/aromatic N) is 2. The lowest BCUT2D eigenvalue weighted by Crippen LogP contribution is -2.15. The van der Waals surface area contributed by atoms with Crippen molar-refractivity contribution in [2.45, 2.75) is 25.8 Å². The number of aryl methyl sites for hydroxylation is 2. The van der Waals surface area contributed by atoms with Crippen molar-refractivity contribution >= 4 is 37.4 Å². The van der Waals surface area contributed by atoms with Gasteiger partial charge in [-0.3, -0.25) is 4.68 Å². The van der Waals surface area contributed by atoms with E-state index in [-0.39, 0.29) is 6.04 Å². The Kier molecular flexibility index (Phi) is 4.15. The van der Waals surface area contributed by atoms with Crippen molar-refractivity contribution in [2.75, 3.05) is 0 Å². The molecule has 21 heavy (non-hydrogen) atoms. The molecule has 1 aromatic carbocycles. The number of aromatic nitrogens is 2. The van der Waals surface area contributed by atoms with Gasteiger partial charge in [0.2, 0.25) is 0 Å². The number of halogens is 1. The molecule has 2 heterocycles. The molecule has 2 aromatic heterocycles. The van der Waals surface area contributed by atoms with Gasteiger partial charge in [-0.25, -0.2) is 0 Å². The van der Waals surface area contributed by atoms with Gasteiger partial charge in [-0.15, -0.1) is 11.3 Å². The highest BCUT2D eigenvalue weighted by Crippen LogP contribution is 2.32. The van der Waals surface area contributed by atoms with Gasteiger partial charge in [0, 0.05) is 24.2 Å². The van der Waals surface area contributed by atoms with E-state index >= 15 is 0 Å². The molecular formula is C16H18BrN3S. The van der Waals surface area contributed by atoms with Crippen LogP contribution in [0.2, 0.25) is 0 Å². The second-order valence-electron chi connectivity index (χ2n) is 5.18. The topological polar surface area (TPSA) is 43.8 Å². The first kappa shape index (κ1) is 14.8. The second kappa shape index (κ2) is 5.91. The lowest BCUT2D eigenvalue weighted by atomic mass is 10.0. The summed E-state index contributed by atoms with van der Waals surface area (Å²) >= 11 is 5.42. The van der Waals surface area contributed by atoms with Crippen LogP contribution in [-0.4, -0.2) is 9.78 Å². The Morgan fingerprint density at radius 1 is 1.38 bits per heavy atom. The molecule has 0 aliphatic heterocycles. The van der Waals surface area contributed by atoms with Crippen LogP contribution in [0.5, 0.6) is 0 Å². The Hall–Kier alpha value is -1.17. The van der Waals surface area contributed by atoms with Crippen LogP contribution in [0.4, 0.5) is 0 Å². The van der Waals surface area contributed by atoms with Crippen molar-refractivity contribution in [3.05, 3.63) is 51.1 Å². The number of thiophene rings is 1. The van der Waals surface area contributed by atoms with Crippen LogP contribution in [0.3, 0.4) is 0 Å². The summed E-state index contributed by atoms with van der Waals surface area (Å²) < 4.78 is 4.33. The van der Waals surface area contributed by atoms with Crippen LogP contribution < -0.4 is 5.73 Å². The van der Waals surface area contributed by atoms with Crippen molar-refractivity contribution in [1.82, 2.24) is 9.78 Å². The largest absolute Gasteiger partial charge is 0.324 e. The van der Waals surface area contributed by atoms with Crippen LogP contribution in [0, 0.1) is 0 Å². The van der Waals surface area contributed by atoms with E-state index in [9.17, 15) is 0 Å². The van der Waals surface area contributed by atoms with Gasteiger partial charge in [0.15, 0.2) is 0 Å². The maximum atomic E-state index is 6.47. The van der Waals surface area contributed by atoms with Crippen LogP contribution in [0.15, 0.2) is 34.1 Å². The standard InChI is InChI=1S/C16H18BrN3S/c1-3-13-16(17)14(20(2)19-13)8-12(18)11-9-21-15-7-5-4-6-10(11)15/h4-7,9,12H,3,8,18H2,1-2H3. The highest BCUT2D eigenvalue weighted by atomic mass is 79.9. The summed E-state index contributed by atoms with van der Waals surface area (Å²) in [6.07, 6.45) is 1.70. The summed E-state index contributed by atoms with van der Waals surface area (Å²) in [7, 11) is 1.98. The molecule has 2 N–H and O–H groups in total. The zero-order valence-corrected chi connectivity index (χ0v) is 14.5. The minimum Gasteiger partial charge on any atom is -0.324 e. The van der Waals surface area contributed by atoms with E-state index in [4.69, 9.17) is 5.73 Å². The predicted molar refractivity (Wildman–Crippen MR) is 92.7 cm³/mol. The van der Waals surface area contributed by atoms with Crippen LogP contribution in [0.25, 0.3) is 10.1 Å². The Bertz CT molecular complexity index is 775. The van der Waals surface area contributed by atoms with Gasteiger partial charge in [0.1, 0.15) is 0 Å². The number of nitrogens with two attached hydrogens (primary N) is 1. The van der Waals surface area contributed by atoms with Crippen LogP contribution >= 0.6 is 27.3 Å². The third kappa shape index (κ3) is 2.65. The number of benzene rings is 1. The summed E-state index contributed by atoms with van der Waals surface area (Å²) in [6, 6.07) is 8.42. The van der Waals surface area contributed by atoms with Gasteiger partial charge in [-0.2, -0.15) is 5.10 Å². The minimum absolute atomic E-state index is 0.0162. The molecule has 0 saturated carbocycles. The second-order valence-corrected chi connectivity index (χ2v) is 6.89. The van der Waals surface area contributed by atoms with E-state index in [1.165, 1.54) is 15.6 Å². The molecule has 0 aliphatic carbocycles. The van der Waals surface area contributed by atoms with Crippen LogP contribution in [0.1, 0.15) is 29.9 Å². The summed E-state index contributed by atoms with van der Waals surface area (Å²) in [5.41, 5.74) is 9.95. The zero-order valence-electron chi connectivity index (χ0n) is 12.1. The van der Waals surface area contributed by atoms with Gasteiger partial charge in [-0.05, 0) is 44.7 Å². The summed E-state index contributed by atoms with van der Waals surface area (Å²) in [5, 5.41) is 7.99. The normalized spacial score (nSPS) is 13.0. The maximum absolute atomic E-state index is 6.47. The molecule has 0 spiro atoms. The van der Waals surface area contributed by atoms with Crippen LogP contribution in [-0.2, 0) is 19.9 Å². The number of rotatable bonds is 4. The van der Waals surface area contributed by atoms with Crippen molar-refractivity contribution in [2.24, 2.45) is 12.8 Å². The van der Waals surface area contributed by atoms with E-state index in [1.807, 2.05) is 11.7 Å². The molecule has 3 nitrogen and oxygen atoms in total. The molecule has 3 aromatic rings. The first-order valence-corrected chi connectivity index (χ1v) is 8.71.